The van der Waals surface area contributed by atoms with E-state index in [1.165, 1.54) is 14.7 Å². The molecule has 3 amide bonds. The average Bonchev–Trinajstić information content (AvgIpc) is 2.94. The van der Waals surface area contributed by atoms with Crippen molar-refractivity contribution in [3.05, 3.63) is 0 Å². The Morgan fingerprint density at radius 1 is 0.560 bits per heavy atom. The summed E-state index contributed by atoms with van der Waals surface area (Å²) in [5, 5.41) is 34.8. The summed E-state index contributed by atoms with van der Waals surface area (Å²) in [6.45, 7) is 0.954. The summed E-state index contributed by atoms with van der Waals surface area (Å²) in [6, 6.07) is -3.63. The molecule has 0 aliphatic carbocycles. The molecule has 0 bridgehead atoms. The maximum atomic E-state index is 13.2. The number of nitrogens with one attached hydrogen (secondary N) is 3. The minimum Gasteiger partial charge on any atom is -0.480 e. The fourth-order valence-corrected chi connectivity index (χ4v) is 6.05. The van der Waals surface area contributed by atoms with Crippen LogP contribution in [0, 0.1) is 0 Å². The summed E-state index contributed by atoms with van der Waals surface area (Å²) < 4.78 is 57.5. The smallest absolute Gasteiger partial charge is 0.317 e. The first-order valence-corrected chi connectivity index (χ1v) is 18.4. The number of carboxylic acids is 3. The molecule has 22 nitrogen and oxygen atoms in total. The third kappa shape index (κ3) is 22.9. The van der Waals surface area contributed by atoms with Crippen LogP contribution in [0.3, 0.4) is 0 Å². The van der Waals surface area contributed by atoms with Crippen LogP contribution in [-0.2, 0) is 61.5 Å². The zero-order valence-corrected chi connectivity index (χ0v) is 32.1. The number of hydrogen-bond donors (Lipinski definition) is 12. The van der Waals surface area contributed by atoms with E-state index in [-0.39, 0.29) is 98.2 Å². The second-order valence-electron chi connectivity index (χ2n) is 11.4. The van der Waals surface area contributed by atoms with Crippen LogP contribution < -0.4 is 16.0 Å². The van der Waals surface area contributed by atoms with E-state index in [1.54, 1.807) is 11.8 Å². The Balaban J connectivity index is 0.0000240. The van der Waals surface area contributed by atoms with Gasteiger partial charge in [0.2, 0.25) is 17.7 Å². The Labute approximate surface area is 317 Å². The van der Waals surface area contributed by atoms with E-state index in [1.807, 2.05) is 0 Å². The van der Waals surface area contributed by atoms with Gasteiger partial charge in [-0.2, -0.15) is 0 Å². The number of carbonyl (C=O) groups is 6. The van der Waals surface area contributed by atoms with Crippen molar-refractivity contribution >= 4 is 57.4 Å². The van der Waals surface area contributed by atoms with Gasteiger partial charge in [0.25, 0.3) is 0 Å². The molecule has 1 saturated heterocycles. The zero-order valence-electron chi connectivity index (χ0n) is 27.6. The van der Waals surface area contributed by atoms with Gasteiger partial charge in [0.15, 0.2) is 0 Å². The third-order valence-corrected chi connectivity index (χ3v) is 8.55. The maximum Gasteiger partial charge on any atom is 0.317 e. The van der Waals surface area contributed by atoms with Crippen molar-refractivity contribution in [1.82, 2.24) is 35.6 Å². The molecule has 0 aromatic rings. The van der Waals surface area contributed by atoms with Crippen LogP contribution in [0.4, 0.5) is 0 Å². The number of rotatable bonds is 18. The standard InChI is InChI=1S/C25H49N7O15S2.Y/c1-2-3-26-24(40)18(16-48(42,43)44)28-25(41)19(17-49(45,46)47)27-20(33)12-29-4-6-30(13-21(34)35)8-10-32(15-23(38)39)11-9-31(7-5-29)14-22(36)37;/h18-19,42-47H,2-17H2,1H3,(H,26,40)(H,27,33)(H,28,41)(H,34,35)(H,36,37)(H,38,39);. The summed E-state index contributed by atoms with van der Waals surface area (Å²) in [4.78, 5) is 79.3. The molecule has 0 saturated carbocycles. The van der Waals surface area contributed by atoms with Crippen molar-refractivity contribution in [2.45, 2.75) is 25.4 Å². The van der Waals surface area contributed by atoms with Crippen LogP contribution in [0.2, 0.25) is 0 Å². The van der Waals surface area contributed by atoms with Gasteiger partial charge < -0.3 is 58.6 Å². The molecule has 1 fully saturated rings. The Morgan fingerprint density at radius 2 is 0.880 bits per heavy atom. The van der Waals surface area contributed by atoms with Crippen molar-refractivity contribution in [2.24, 2.45) is 0 Å². The number of carboxylic acid groups (broad SMARTS) is 3. The van der Waals surface area contributed by atoms with Gasteiger partial charge in [-0.15, -0.1) is 0 Å². The summed E-state index contributed by atoms with van der Waals surface area (Å²) in [6.07, 6.45) is 0.466. The van der Waals surface area contributed by atoms with Gasteiger partial charge in [-0.05, 0) is 6.42 Å². The van der Waals surface area contributed by atoms with Gasteiger partial charge >= 0.3 is 17.9 Å². The van der Waals surface area contributed by atoms with Crippen molar-refractivity contribution in [1.29, 1.82) is 0 Å². The van der Waals surface area contributed by atoms with E-state index in [0.29, 0.717) is 6.42 Å². The number of hydrogen-bond acceptors (Lipinski definition) is 16. The fourth-order valence-electron chi connectivity index (χ4n) is 4.68. The monoisotopic (exact) mass is 840 g/mol. The van der Waals surface area contributed by atoms with Gasteiger partial charge in [0.05, 0.1) is 59.4 Å². The van der Waals surface area contributed by atoms with Gasteiger partial charge in [-0.3, -0.25) is 48.4 Å². The first-order valence-electron chi connectivity index (χ1n) is 15.1. The number of nitrogens with zero attached hydrogens (tertiary/aromatic N) is 4. The quantitative estimate of drug-likeness (QED) is 0.0673. The summed E-state index contributed by atoms with van der Waals surface area (Å²) in [5.74, 6) is -8.68. The van der Waals surface area contributed by atoms with Gasteiger partial charge in [0, 0.05) is 91.6 Å². The molecule has 1 aliphatic rings. The van der Waals surface area contributed by atoms with Crippen molar-refractivity contribution in [3.63, 3.8) is 0 Å². The van der Waals surface area contributed by atoms with E-state index in [9.17, 15) is 71.4 Å². The minimum absolute atomic E-state index is 0. The second kappa shape index (κ2) is 23.7. The molecule has 0 aromatic carbocycles. The van der Waals surface area contributed by atoms with E-state index in [2.05, 4.69) is 16.0 Å². The third-order valence-electron chi connectivity index (χ3n) is 6.99. The normalized spacial score (nSPS) is 18.2. The van der Waals surface area contributed by atoms with Crippen LogP contribution in [0.1, 0.15) is 13.3 Å². The summed E-state index contributed by atoms with van der Waals surface area (Å²) >= 11 is 0. The van der Waals surface area contributed by atoms with E-state index < -0.39 is 101 Å². The van der Waals surface area contributed by atoms with E-state index >= 15 is 0 Å². The van der Waals surface area contributed by atoms with E-state index in [4.69, 9.17) is 0 Å². The number of aliphatic carboxylic acids is 3. The molecule has 1 rings (SSSR count). The van der Waals surface area contributed by atoms with E-state index in [0.717, 1.165) is 0 Å². The molecule has 12 N–H and O–H groups in total. The molecule has 1 aliphatic heterocycles. The average molecular weight is 841 g/mol. The van der Waals surface area contributed by atoms with Crippen LogP contribution in [0.25, 0.3) is 0 Å². The molecule has 2 atom stereocenters. The van der Waals surface area contributed by atoms with Crippen LogP contribution in [-0.4, -0.2) is 207 Å². The van der Waals surface area contributed by atoms with Crippen molar-refractivity contribution in [2.75, 3.05) is 96.6 Å². The molecule has 50 heavy (non-hydrogen) atoms. The molecule has 2 unspecified atom stereocenters. The number of amides is 3. The largest absolute Gasteiger partial charge is 0.480 e. The fraction of sp³-hybridized carbons (Fsp3) is 0.760. The summed E-state index contributed by atoms with van der Waals surface area (Å²) in [7, 11) is -8.74. The molecule has 0 aromatic heterocycles. The molecular weight excluding hydrogens is 791 g/mol. The van der Waals surface area contributed by atoms with Crippen LogP contribution >= 0.6 is 21.7 Å². The Kier molecular flexibility index (Phi) is 22.9. The SMILES string of the molecule is CCCNC(=O)C(CS(O)(O)O)NC(=O)C(CS(O)(O)O)NC(=O)CN1CCN(CC(=O)O)CCN(CC(=O)O)CCN(CC(=O)O)CC1.[Y]. The summed E-state index contributed by atoms with van der Waals surface area (Å²) in [5.41, 5.74) is 0. The van der Waals surface area contributed by atoms with Crippen molar-refractivity contribution < 1.29 is 104 Å². The minimum atomic E-state index is -4.43. The topological polar surface area (TPSA) is 334 Å². The van der Waals surface area contributed by atoms with Crippen LogP contribution in [0.15, 0.2) is 0 Å². The van der Waals surface area contributed by atoms with Gasteiger partial charge in [-0.1, -0.05) is 6.92 Å². The van der Waals surface area contributed by atoms with Gasteiger partial charge in [0.1, 0.15) is 12.1 Å². The van der Waals surface area contributed by atoms with Crippen LogP contribution in [0.5, 0.6) is 0 Å². The Hall–Kier alpha value is -1.78. The predicted octanol–water partition coefficient (Wildman–Crippen LogP) is -2.60. The molecule has 1 radical (unpaired) electrons. The predicted molar refractivity (Wildman–Crippen MR) is 177 cm³/mol. The Morgan fingerprint density at radius 3 is 1.18 bits per heavy atom. The number of carbonyl (C=O) groups excluding carboxylic acids is 3. The second-order valence-corrected chi connectivity index (χ2v) is 14.6. The maximum absolute atomic E-state index is 13.2. The first kappa shape index (κ1) is 48.2. The molecular formula is C25H49N7O15S2Y. The molecule has 0 spiro atoms. The molecule has 25 heteroatoms. The van der Waals surface area contributed by atoms with Gasteiger partial charge in [-0.25, -0.2) is 0 Å². The molecule has 1 heterocycles. The van der Waals surface area contributed by atoms with Crippen molar-refractivity contribution in [3.8, 4) is 0 Å². The zero-order chi connectivity index (χ0) is 37.4. The molecule has 289 valence electrons. The first-order chi connectivity index (χ1) is 22.7. The Bertz CT molecular complexity index is 1100.